The smallest absolute Gasteiger partial charge is 0.407 e. The zero-order valence-corrected chi connectivity index (χ0v) is 16.5. The Bertz CT molecular complexity index is 683. The second-order valence-corrected chi connectivity index (χ2v) is 7.06. The van der Waals surface area contributed by atoms with Crippen molar-refractivity contribution < 1.29 is 14.3 Å². The number of benzene rings is 1. The Morgan fingerprint density at radius 2 is 1.74 bits per heavy atom. The summed E-state index contributed by atoms with van der Waals surface area (Å²) >= 11 is 0. The number of amides is 2. The third-order valence-corrected chi connectivity index (χ3v) is 3.59. The van der Waals surface area contributed by atoms with Gasteiger partial charge in [-0.05, 0) is 56.9 Å². The number of carbonyl (C=O) groups is 2. The summed E-state index contributed by atoms with van der Waals surface area (Å²) in [4.78, 5) is 23.8. The normalized spacial score (nSPS) is 11.4. The molecule has 27 heavy (non-hydrogen) atoms. The van der Waals surface area contributed by atoms with Crippen LogP contribution < -0.4 is 10.6 Å². The molecule has 0 aliphatic carbocycles. The largest absolute Gasteiger partial charge is 0.444 e. The Kier molecular flexibility index (Phi) is 9.06. The van der Waals surface area contributed by atoms with Crippen LogP contribution in [0.15, 0.2) is 61.2 Å². The molecule has 2 N–H and O–H groups in total. The maximum Gasteiger partial charge on any atom is 0.407 e. The van der Waals surface area contributed by atoms with Crippen LogP contribution in [0.5, 0.6) is 0 Å². The molecule has 0 aliphatic rings. The van der Waals surface area contributed by atoms with Gasteiger partial charge < -0.3 is 15.4 Å². The molecule has 0 unspecified atom stereocenters. The molecular formula is C22H30N2O3. The molecule has 0 heterocycles. The lowest BCUT2D eigenvalue weighted by atomic mass is 10.1. The number of nitrogens with one attached hydrogen (secondary N) is 2. The predicted octanol–water partition coefficient (Wildman–Crippen LogP) is 4.17. The molecule has 0 spiro atoms. The molecule has 0 bridgehead atoms. The van der Waals surface area contributed by atoms with Crippen molar-refractivity contribution in [2.24, 2.45) is 0 Å². The van der Waals surface area contributed by atoms with Crippen LogP contribution >= 0.6 is 0 Å². The highest BCUT2D eigenvalue weighted by Crippen LogP contribution is 2.08. The van der Waals surface area contributed by atoms with Gasteiger partial charge in [0.2, 0.25) is 0 Å². The summed E-state index contributed by atoms with van der Waals surface area (Å²) < 4.78 is 5.19. The molecule has 0 aromatic heterocycles. The SMILES string of the molecule is C=C/C=C(\C=C)CCNC(=O)c1ccc(CCNC(=O)OC(C)(C)C)cc1. The minimum atomic E-state index is -0.507. The van der Waals surface area contributed by atoms with Gasteiger partial charge in [-0.2, -0.15) is 0 Å². The maximum atomic E-state index is 12.2. The van der Waals surface area contributed by atoms with Gasteiger partial charge in [-0.3, -0.25) is 4.79 Å². The van der Waals surface area contributed by atoms with Gasteiger partial charge in [0.1, 0.15) is 5.60 Å². The molecule has 5 nitrogen and oxygen atoms in total. The molecular weight excluding hydrogens is 340 g/mol. The van der Waals surface area contributed by atoms with Gasteiger partial charge >= 0.3 is 6.09 Å². The van der Waals surface area contributed by atoms with E-state index in [-0.39, 0.29) is 5.91 Å². The van der Waals surface area contributed by atoms with E-state index in [2.05, 4.69) is 23.8 Å². The van der Waals surface area contributed by atoms with Crippen molar-refractivity contribution in [3.8, 4) is 0 Å². The second kappa shape index (κ2) is 11.0. The number of carbonyl (C=O) groups excluding carboxylic acids is 2. The van der Waals surface area contributed by atoms with Gasteiger partial charge in [0, 0.05) is 18.7 Å². The number of rotatable bonds is 9. The minimum Gasteiger partial charge on any atom is -0.444 e. The van der Waals surface area contributed by atoms with Crippen molar-refractivity contribution >= 4 is 12.0 Å². The third-order valence-electron chi connectivity index (χ3n) is 3.59. The molecule has 0 radical (unpaired) electrons. The van der Waals surface area contributed by atoms with E-state index in [4.69, 9.17) is 4.74 Å². The summed E-state index contributed by atoms with van der Waals surface area (Å²) in [5, 5.41) is 5.60. The van der Waals surface area contributed by atoms with E-state index in [9.17, 15) is 9.59 Å². The average Bonchev–Trinajstić information content (AvgIpc) is 2.60. The molecule has 0 saturated carbocycles. The Morgan fingerprint density at radius 3 is 2.30 bits per heavy atom. The lowest BCUT2D eigenvalue weighted by Gasteiger charge is -2.19. The number of alkyl carbamates (subject to hydrolysis) is 1. The lowest BCUT2D eigenvalue weighted by Crippen LogP contribution is -2.33. The van der Waals surface area contributed by atoms with Crippen LogP contribution in [0, 0.1) is 0 Å². The van der Waals surface area contributed by atoms with Gasteiger partial charge in [-0.25, -0.2) is 4.79 Å². The first-order valence-corrected chi connectivity index (χ1v) is 9.03. The first-order valence-electron chi connectivity index (χ1n) is 9.03. The van der Waals surface area contributed by atoms with Gasteiger partial charge in [-0.15, -0.1) is 0 Å². The standard InChI is InChI=1S/C22H30N2O3/c1-6-8-17(7-2)13-15-23-20(25)19-11-9-18(10-12-19)14-16-24-21(26)27-22(3,4)5/h6-12H,1-2,13-16H2,3-5H3,(H,23,25)(H,24,26)/b17-8+. The Hall–Kier alpha value is -2.82. The van der Waals surface area contributed by atoms with Crippen LogP contribution in [-0.2, 0) is 11.2 Å². The maximum absolute atomic E-state index is 12.2. The number of hydrogen-bond donors (Lipinski definition) is 2. The van der Waals surface area contributed by atoms with E-state index in [1.54, 1.807) is 24.3 Å². The summed E-state index contributed by atoms with van der Waals surface area (Å²) in [5.41, 5.74) is 2.16. The summed E-state index contributed by atoms with van der Waals surface area (Å²) in [6, 6.07) is 7.34. The molecule has 0 aliphatic heterocycles. The van der Waals surface area contributed by atoms with Crippen molar-refractivity contribution in [1.82, 2.24) is 10.6 Å². The number of ether oxygens (including phenoxy) is 1. The molecule has 5 heteroatoms. The van der Waals surface area contributed by atoms with Crippen molar-refractivity contribution in [1.29, 1.82) is 0 Å². The topological polar surface area (TPSA) is 67.4 Å². The van der Waals surface area contributed by atoms with E-state index in [0.29, 0.717) is 31.5 Å². The van der Waals surface area contributed by atoms with E-state index in [1.165, 1.54) is 0 Å². The average molecular weight is 370 g/mol. The molecule has 1 rings (SSSR count). The fourth-order valence-corrected chi connectivity index (χ4v) is 2.27. The number of allylic oxidation sites excluding steroid dienone is 3. The molecule has 2 amide bonds. The first kappa shape index (κ1) is 22.2. The number of hydrogen-bond acceptors (Lipinski definition) is 3. The predicted molar refractivity (Wildman–Crippen MR) is 110 cm³/mol. The highest BCUT2D eigenvalue weighted by molar-refractivity contribution is 5.94. The highest BCUT2D eigenvalue weighted by atomic mass is 16.6. The van der Waals surface area contributed by atoms with Crippen LogP contribution in [0.3, 0.4) is 0 Å². The summed E-state index contributed by atoms with van der Waals surface area (Å²) in [5.74, 6) is -0.115. The van der Waals surface area contributed by atoms with Crippen LogP contribution in [0.4, 0.5) is 4.79 Å². The Balaban J connectivity index is 2.41. The van der Waals surface area contributed by atoms with Crippen molar-refractivity contribution in [3.05, 3.63) is 72.4 Å². The van der Waals surface area contributed by atoms with Crippen LogP contribution in [0.2, 0.25) is 0 Å². The molecule has 0 saturated heterocycles. The van der Waals surface area contributed by atoms with E-state index < -0.39 is 11.7 Å². The molecule has 0 fully saturated rings. The zero-order chi connectivity index (χ0) is 20.3. The quantitative estimate of drug-likeness (QED) is 0.641. The second-order valence-electron chi connectivity index (χ2n) is 7.06. The van der Waals surface area contributed by atoms with Gasteiger partial charge in [0.05, 0.1) is 0 Å². The minimum absolute atomic E-state index is 0.115. The van der Waals surface area contributed by atoms with Gasteiger partial charge in [-0.1, -0.05) is 43.5 Å². The van der Waals surface area contributed by atoms with E-state index in [0.717, 1.165) is 11.1 Å². The molecule has 0 atom stereocenters. The zero-order valence-electron chi connectivity index (χ0n) is 16.5. The van der Waals surface area contributed by atoms with Gasteiger partial charge in [0.15, 0.2) is 0 Å². The molecule has 1 aromatic carbocycles. The summed E-state index contributed by atoms with van der Waals surface area (Å²) in [7, 11) is 0. The van der Waals surface area contributed by atoms with Crippen LogP contribution in [-0.4, -0.2) is 30.7 Å². The van der Waals surface area contributed by atoms with Crippen molar-refractivity contribution in [2.75, 3.05) is 13.1 Å². The third kappa shape index (κ3) is 9.45. The fraction of sp³-hybridized carbons (Fsp3) is 0.364. The summed E-state index contributed by atoms with van der Waals surface area (Å²) in [6.45, 7) is 13.9. The van der Waals surface area contributed by atoms with E-state index >= 15 is 0 Å². The van der Waals surface area contributed by atoms with Crippen LogP contribution in [0.25, 0.3) is 0 Å². The Labute approximate surface area is 162 Å². The van der Waals surface area contributed by atoms with E-state index in [1.807, 2.05) is 39.0 Å². The monoisotopic (exact) mass is 370 g/mol. The summed E-state index contributed by atoms with van der Waals surface area (Å²) in [6.07, 6.45) is 6.27. The fourth-order valence-electron chi connectivity index (χ4n) is 2.27. The van der Waals surface area contributed by atoms with Crippen LogP contribution in [0.1, 0.15) is 43.1 Å². The first-order chi connectivity index (χ1) is 12.7. The highest BCUT2D eigenvalue weighted by Gasteiger charge is 2.15. The Morgan fingerprint density at radius 1 is 1.07 bits per heavy atom. The van der Waals surface area contributed by atoms with Gasteiger partial charge in [0.25, 0.3) is 5.91 Å². The molecule has 146 valence electrons. The molecule has 1 aromatic rings. The van der Waals surface area contributed by atoms with Crippen molar-refractivity contribution in [2.45, 2.75) is 39.2 Å². The van der Waals surface area contributed by atoms with Crippen molar-refractivity contribution in [3.63, 3.8) is 0 Å². The lowest BCUT2D eigenvalue weighted by molar-refractivity contribution is 0.0528.